The highest BCUT2D eigenvalue weighted by molar-refractivity contribution is 5.80. The van der Waals surface area contributed by atoms with Gasteiger partial charge in [0.05, 0.1) is 11.9 Å². The minimum Gasteiger partial charge on any atom is -0.392 e. The first-order valence-electron chi connectivity index (χ1n) is 6.63. The van der Waals surface area contributed by atoms with Crippen molar-refractivity contribution in [3.8, 4) is 5.69 Å². The third kappa shape index (κ3) is 4.00. The molecule has 0 saturated carbocycles. The number of hydrogen-bond donors (Lipinski definition) is 1. The first-order valence-corrected chi connectivity index (χ1v) is 6.63. The molecule has 0 fully saturated rings. The van der Waals surface area contributed by atoms with Crippen LogP contribution < -0.4 is 11.2 Å². The summed E-state index contributed by atoms with van der Waals surface area (Å²) in [6.07, 6.45) is -1.99. The van der Waals surface area contributed by atoms with E-state index in [0.29, 0.717) is 16.2 Å². The highest BCUT2D eigenvalue weighted by atomic mass is 19.4. The first kappa shape index (κ1) is 17.3. The smallest absolute Gasteiger partial charge is 0.392 e. The van der Waals surface area contributed by atoms with Gasteiger partial charge in [-0.3, -0.25) is 4.79 Å². The second-order valence-electron chi connectivity index (χ2n) is 4.57. The third-order valence-corrected chi connectivity index (χ3v) is 2.84. The number of rotatable bonds is 5. The summed E-state index contributed by atoms with van der Waals surface area (Å²) in [4.78, 5) is 30.2. The van der Waals surface area contributed by atoms with Crippen LogP contribution in [0.5, 0.6) is 0 Å². The zero-order valence-corrected chi connectivity index (χ0v) is 12.2. The molecule has 0 amide bonds. The molecule has 6 nitrogen and oxygen atoms in total. The standard InChI is InChI=1S/C15H12F3N3O3/c1-2-6-24-19-9-10-4-3-5-11(7-10)21-13(22)8-12(15(16,17)18)20-14(21)23/h2-5,7-9H,1,6H2,(H,20,23). The molecule has 0 radical (unpaired) electrons. The van der Waals surface area contributed by atoms with E-state index in [1.165, 1.54) is 30.5 Å². The summed E-state index contributed by atoms with van der Waals surface area (Å²) in [5.74, 6) is 0. The SMILES string of the molecule is C=CCON=Cc1cccc(-n2c(=O)cc(C(F)(F)F)[nH]c2=O)c1. The number of halogens is 3. The number of nitrogens with one attached hydrogen (secondary N) is 1. The van der Waals surface area contributed by atoms with Gasteiger partial charge in [0, 0.05) is 6.07 Å². The van der Waals surface area contributed by atoms with Crippen molar-refractivity contribution in [3.05, 3.63) is 75.1 Å². The molecule has 24 heavy (non-hydrogen) atoms. The van der Waals surface area contributed by atoms with Crippen molar-refractivity contribution in [3.63, 3.8) is 0 Å². The summed E-state index contributed by atoms with van der Waals surface area (Å²) >= 11 is 0. The quantitative estimate of drug-likeness (QED) is 0.392. The maximum Gasteiger partial charge on any atom is 0.431 e. The number of nitrogens with zero attached hydrogens (tertiary/aromatic N) is 2. The van der Waals surface area contributed by atoms with E-state index in [9.17, 15) is 22.8 Å². The number of H-pyrrole nitrogens is 1. The molecule has 0 aliphatic rings. The minimum absolute atomic E-state index is 0.0997. The Bertz CT molecular complexity index is 851. The largest absolute Gasteiger partial charge is 0.431 e. The molecule has 126 valence electrons. The predicted molar refractivity (Wildman–Crippen MR) is 81.4 cm³/mol. The summed E-state index contributed by atoms with van der Waals surface area (Å²) in [6.45, 7) is 3.65. The molecule has 0 bridgehead atoms. The van der Waals surface area contributed by atoms with Crippen LogP contribution in [-0.2, 0) is 11.0 Å². The van der Waals surface area contributed by atoms with Gasteiger partial charge in [0.2, 0.25) is 0 Å². The highest BCUT2D eigenvalue weighted by Gasteiger charge is 2.33. The van der Waals surface area contributed by atoms with Crippen molar-refractivity contribution in [2.45, 2.75) is 6.18 Å². The molecule has 0 atom stereocenters. The van der Waals surface area contributed by atoms with Crippen LogP contribution in [0.25, 0.3) is 5.69 Å². The summed E-state index contributed by atoms with van der Waals surface area (Å²) in [5.41, 5.74) is -3.09. The fourth-order valence-corrected chi connectivity index (χ4v) is 1.83. The summed E-state index contributed by atoms with van der Waals surface area (Å²) in [5, 5.41) is 3.64. The molecule has 0 aliphatic carbocycles. The Labute approximate surface area is 133 Å². The van der Waals surface area contributed by atoms with Gasteiger partial charge in [0.1, 0.15) is 12.3 Å². The van der Waals surface area contributed by atoms with Gasteiger partial charge in [-0.15, -0.1) is 0 Å². The van der Waals surface area contributed by atoms with Crippen LogP contribution in [0.15, 0.2) is 57.7 Å². The van der Waals surface area contributed by atoms with Crippen LogP contribution in [-0.4, -0.2) is 22.4 Å². The molecule has 0 saturated heterocycles. The molecule has 0 aliphatic heterocycles. The van der Waals surface area contributed by atoms with Gasteiger partial charge in [0.15, 0.2) is 0 Å². The van der Waals surface area contributed by atoms with E-state index in [0.717, 1.165) is 0 Å². The van der Waals surface area contributed by atoms with Crippen LogP contribution in [0.2, 0.25) is 0 Å². The van der Waals surface area contributed by atoms with E-state index < -0.39 is 23.1 Å². The van der Waals surface area contributed by atoms with Crippen LogP contribution in [0.1, 0.15) is 11.3 Å². The summed E-state index contributed by atoms with van der Waals surface area (Å²) < 4.78 is 38.4. The van der Waals surface area contributed by atoms with Gasteiger partial charge in [0.25, 0.3) is 5.56 Å². The Morgan fingerprint density at radius 3 is 2.67 bits per heavy atom. The zero-order valence-electron chi connectivity index (χ0n) is 12.2. The van der Waals surface area contributed by atoms with E-state index in [-0.39, 0.29) is 12.3 Å². The third-order valence-electron chi connectivity index (χ3n) is 2.84. The normalized spacial score (nSPS) is 11.6. The molecular formula is C15H12F3N3O3. The van der Waals surface area contributed by atoms with Gasteiger partial charge in [-0.05, 0) is 17.7 Å². The average Bonchev–Trinajstić information content (AvgIpc) is 2.50. The van der Waals surface area contributed by atoms with Crippen molar-refractivity contribution >= 4 is 6.21 Å². The summed E-state index contributed by atoms with van der Waals surface area (Å²) in [6, 6.07) is 6.28. The van der Waals surface area contributed by atoms with E-state index in [1.54, 1.807) is 11.1 Å². The second-order valence-corrected chi connectivity index (χ2v) is 4.57. The lowest BCUT2D eigenvalue weighted by molar-refractivity contribution is -0.141. The Balaban J connectivity index is 2.43. The minimum atomic E-state index is -4.81. The molecular weight excluding hydrogens is 327 g/mol. The average molecular weight is 339 g/mol. The molecule has 0 unspecified atom stereocenters. The van der Waals surface area contributed by atoms with Gasteiger partial charge in [-0.2, -0.15) is 13.2 Å². The molecule has 1 N–H and O–H groups in total. The lowest BCUT2D eigenvalue weighted by Crippen LogP contribution is -2.35. The van der Waals surface area contributed by atoms with Gasteiger partial charge in [-0.1, -0.05) is 29.9 Å². The van der Waals surface area contributed by atoms with Crippen LogP contribution in [0.4, 0.5) is 13.2 Å². The van der Waals surface area contributed by atoms with E-state index >= 15 is 0 Å². The maximum absolute atomic E-state index is 12.6. The van der Waals surface area contributed by atoms with E-state index in [2.05, 4.69) is 11.7 Å². The number of aromatic amines is 1. The molecule has 2 aromatic rings. The summed E-state index contributed by atoms with van der Waals surface area (Å²) in [7, 11) is 0. The number of aromatic nitrogens is 2. The van der Waals surface area contributed by atoms with Crippen molar-refractivity contribution in [1.29, 1.82) is 0 Å². The van der Waals surface area contributed by atoms with Crippen molar-refractivity contribution in [2.24, 2.45) is 5.16 Å². The van der Waals surface area contributed by atoms with E-state index in [4.69, 9.17) is 4.84 Å². The topological polar surface area (TPSA) is 76.5 Å². The Kier molecular flexibility index (Phi) is 5.02. The van der Waals surface area contributed by atoms with Crippen LogP contribution >= 0.6 is 0 Å². The predicted octanol–water partition coefficient (Wildman–Crippen LogP) is 2.08. The lowest BCUT2D eigenvalue weighted by atomic mass is 10.2. The monoisotopic (exact) mass is 339 g/mol. The zero-order chi connectivity index (χ0) is 17.7. The Morgan fingerprint density at radius 2 is 2.04 bits per heavy atom. The fourth-order valence-electron chi connectivity index (χ4n) is 1.83. The molecule has 2 rings (SSSR count). The second kappa shape index (κ2) is 6.99. The highest BCUT2D eigenvalue weighted by Crippen LogP contribution is 2.25. The fraction of sp³-hybridized carbons (Fsp3) is 0.133. The van der Waals surface area contributed by atoms with E-state index in [1.807, 2.05) is 0 Å². The van der Waals surface area contributed by atoms with Crippen LogP contribution in [0, 0.1) is 0 Å². The number of oxime groups is 1. The number of hydrogen-bond acceptors (Lipinski definition) is 4. The number of benzene rings is 1. The van der Waals surface area contributed by atoms with Crippen molar-refractivity contribution in [2.75, 3.05) is 6.61 Å². The van der Waals surface area contributed by atoms with Gasteiger partial charge >= 0.3 is 11.9 Å². The molecule has 9 heteroatoms. The van der Waals surface area contributed by atoms with Gasteiger partial charge in [-0.25, -0.2) is 9.36 Å². The first-order chi connectivity index (χ1) is 11.3. The lowest BCUT2D eigenvalue weighted by Gasteiger charge is -2.09. The Morgan fingerprint density at radius 1 is 1.29 bits per heavy atom. The van der Waals surface area contributed by atoms with Gasteiger partial charge < -0.3 is 9.82 Å². The molecule has 1 aromatic heterocycles. The van der Waals surface area contributed by atoms with Crippen molar-refractivity contribution < 1.29 is 18.0 Å². The molecule has 1 heterocycles. The Hall–Kier alpha value is -3.10. The molecule has 0 spiro atoms. The maximum atomic E-state index is 12.6. The number of alkyl halides is 3. The van der Waals surface area contributed by atoms with Crippen molar-refractivity contribution in [1.82, 2.24) is 9.55 Å². The molecule has 1 aromatic carbocycles. The van der Waals surface area contributed by atoms with Crippen LogP contribution in [0.3, 0.4) is 0 Å².